The highest BCUT2D eigenvalue weighted by Gasteiger charge is 2.33. The Morgan fingerprint density at radius 3 is 2.66 bits per heavy atom. The van der Waals surface area contributed by atoms with E-state index in [2.05, 4.69) is 11.4 Å². The van der Waals surface area contributed by atoms with E-state index < -0.39 is 0 Å². The van der Waals surface area contributed by atoms with Crippen LogP contribution in [-0.4, -0.2) is 34.4 Å². The summed E-state index contributed by atoms with van der Waals surface area (Å²) in [6.45, 7) is 0.491. The molecule has 154 valence electrons. The summed E-state index contributed by atoms with van der Waals surface area (Å²) in [5, 5.41) is 13.6. The van der Waals surface area contributed by atoms with Gasteiger partial charge in [-0.25, -0.2) is 4.79 Å². The van der Waals surface area contributed by atoms with Gasteiger partial charge in [-0.1, -0.05) is 31.0 Å². The Morgan fingerprint density at radius 1 is 1.17 bits per heavy atom. The topological polar surface area (TPSA) is 61.8 Å². The highest BCUT2D eigenvalue weighted by molar-refractivity contribution is 8.00. The van der Waals surface area contributed by atoms with Crippen molar-refractivity contribution >= 4 is 23.5 Å². The second-order valence-electron chi connectivity index (χ2n) is 7.82. The van der Waals surface area contributed by atoms with Crippen molar-refractivity contribution in [1.29, 1.82) is 0 Å². The van der Waals surface area contributed by atoms with Gasteiger partial charge >= 0.3 is 6.03 Å². The first-order chi connectivity index (χ1) is 14.1. The minimum absolute atomic E-state index is 0.0704. The second kappa shape index (κ2) is 8.99. The first-order valence-corrected chi connectivity index (χ1v) is 11.2. The lowest BCUT2D eigenvalue weighted by atomic mass is 10.2. The molecule has 2 N–H and O–H groups in total. The smallest absolute Gasteiger partial charge is 0.322 e. The molecular formula is C23H28N2O3S. The molecule has 2 aromatic carbocycles. The molecule has 29 heavy (non-hydrogen) atoms. The summed E-state index contributed by atoms with van der Waals surface area (Å²) in [6.07, 6.45) is 7.17. The summed E-state index contributed by atoms with van der Waals surface area (Å²) >= 11 is 1.89. The summed E-state index contributed by atoms with van der Waals surface area (Å²) in [6, 6.07) is 13.5. The summed E-state index contributed by atoms with van der Waals surface area (Å²) in [5.74, 6) is 0.536. The number of carbonyl (C=O) groups excluding carboxylic acids is 1. The molecule has 2 aliphatic carbocycles. The van der Waals surface area contributed by atoms with E-state index in [1.807, 2.05) is 40.9 Å². The molecule has 0 atom stereocenters. The Kier molecular flexibility index (Phi) is 6.19. The van der Waals surface area contributed by atoms with Crippen molar-refractivity contribution < 1.29 is 14.6 Å². The molecule has 2 saturated carbocycles. The van der Waals surface area contributed by atoms with Crippen molar-refractivity contribution in [1.82, 2.24) is 4.90 Å². The van der Waals surface area contributed by atoms with E-state index in [1.165, 1.54) is 32.8 Å². The quantitative estimate of drug-likeness (QED) is 0.618. The van der Waals surface area contributed by atoms with Crippen LogP contribution in [0.15, 0.2) is 47.4 Å². The maximum atomic E-state index is 13.1. The number of thioether (sulfide) groups is 1. The zero-order valence-electron chi connectivity index (χ0n) is 16.8. The number of benzene rings is 2. The van der Waals surface area contributed by atoms with Crippen molar-refractivity contribution in [2.24, 2.45) is 0 Å². The number of nitrogens with one attached hydrogen (secondary N) is 1. The summed E-state index contributed by atoms with van der Waals surface area (Å²) in [7, 11) is 1.53. The van der Waals surface area contributed by atoms with Crippen LogP contribution in [0.1, 0.15) is 44.1 Å². The van der Waals surface area contributed by atoms with Crippen LogP contribution in [0.2, 0.25) is 0 Å². The molecule has 0 aromatic heterocycles. The van der Waals surface area contributed by atoms with Crippen LogP contribution < -0.4 is 10.1 Å². The van der Waals surface area contributed by atoms with E-state index >= 15 is 0 Å². The highest BCUT2D eigenvalue weighted by Crippen LogP contribution is 2.38. The van der Waals surface area contributed by atoms with E-state index in [0.29, 0.717) is 17.5 Å². The lowest BCUT2D eigenvalue weighted by Gasteiger charge is -2.24. The fourth-order valence-electron chi connectivity index (χ4n) is 3.82. The first-order valence-electron chi connectivity index (χ1n) is 10.3. The van der Waals surface area contributed by atoms with Crippen LogP contribution >= 0.6 is 11.8 Å². The van der Waals surface area contributed by atoms with Crippen molar-refractivity contribution in [2.75, 3.05) is 12.4 Å². The van der Waals surface area contributed by atoms with Crippen LogP contribution in [0, 0.1) is 0 Å². The molecule has 0 bridgehead atoms. The molecule has 5 nitrogen and oxygen atoms in total. The van der Waals surface area contributed by atoms with E-state index in [1.54, 1.807) is 12.1 Å². The fourth-order valence-corrected chi connectivity index (χ4v) is 5.15. The summed E-state index contributed by atoms with van der Waals surface area (Å²) < 4.78 is 5.21. The van der Waals surface area contributed by atoms with Crippen molar-refractivity contribution in [3.63, 3.8) is 0 Å². The predicted octanol–water partition coefficient (Wildman–Crippen LogP) is 5.63. The van der Waals surface area contributed by atoms with Gasteiger partial charge in [-0.15, -0.1) is 11.8 Å². The SMILES string of the molecule is COc1cc(CN(C(=O)Nc2ccccc2SC2CCCC2)C2CC2)ccc1O. The maximum absolute atomic E-state index is 13.1. The third-order valence-electron chi connectivity index (χ3n) is 5.57. The molecule has 0 saturated heterocycles. The summed E-state index contributed by atoms with van der Waals surface area (Å²) in [4.78, 5) is 16.2. The number of para-hydroxylation sites is 1. The fraction of sp³-hybridized carbons (Fsp3) is 0.435. The van der Waals surface area contributed by atoms with Crippen molar-refractivity contribution in [3.8, 4) is 11.5 Å². The van der Waals surface area contributed by atoms with Gasteiger partial charge < -0.3 is 20.1 Å². The van der Waals surface area contributed by atoms with E-state index in [9.17, 15) is 9.90 Å². The monoisotopic (exact) mass is 412 g/mol. The molecule has 0 radical (unpaired) electrons. The number of hydrogen-bond donors (Lipinski definition) is 2. The molecule has 0 aliphatic heterocycles. The molecule has 2 fully saturated rings. The van der Waals surface area contributed by atoms with Gasteiger partial charge in [0.1, 0.15) is 0 Å². The number of phenols is 1. The first kappa shape index (κ1) is 20.0. The normalized spacial score (nSPS) is 16.6. The van der Waals surface area contributed by atoms with E-state index in [-0.39, 0.29) is 17.8 Å². The zero-order valence-corrected chi connectivity index (χ0v) is 17.6. The molecule has 0 spiro atoms. The summed E-state index contributed by atoms with van der Waals surface area (Å²) in [5.41, 5.74) is 1.83. The van der Waals surface area contributed by atoms with Gasteiger partial charge in [0.25, 0.3) is 0 Å². The van der Waals surface area contributed by atoms with E-state index in [0.717, 1.165) is 29.0 Å². The Hall–Kier alpha value is -2.34. The average Bonchev–Trinajstić information content (AvgIpc) is 3.44. The minimum atomic E-state index is -0.0704. The van der Waals surface area contributed by atoms with Gasteiger partial charge in [0, 0.05) is 22.7 Å². The minimum Gasteiger partial charge on any atom is -0.504 e. The van der Waals surface area contributed by atoms with Gasteiger partial charge in [0.05, 0.1) is 12.8 Å². The predicted molar refractivity (Wildman–Crippen MR) is 117 cm³/mol. The van der Waals surface area contributed by atoms with Crippen molar-refractivity contribution in [3.05, 3.63) is 48.0 Å². The number of urea groups is 1. The Balaban J connectivity index is 1.47. The number of amides is 2. The van der Waals surface area contributed by atoms with Gasteiger partial charge in [-0.3, -0.25) is 0 Å². The van der Waals surface area contributed by atoms with E-state index in [4.69, 9.17) is 4.74 Å². The average molecular weight is 413 g/mol. The third-order valence-corrected chi connectivity index (χ3v) is 6.98. The van der Waals surface area contributed by atoms with Crippen LogP contribution in [0.3, 0.4) is 0 Å². The number of nitrogens with zero attached hydrogens (tertiary/aromatic N) is 1. The molecule has 2 aromatic rings. The van der Waals surface area contributed by atoms with Crippen LogP contribution in [0.4, 0.5) is 10.5 Å². The molecule has 0 heterocycles. The van der Waals surface area contributed by atoms with Crippen LogP contribution in [0.5, 0.6) is 11.5 Å². The van der Waals surface area contributed by atoms with Crippen LogP contribution in [0.25, 0.3) is 0 Å². The standard InChI is InChI=1S/C23H28N2O3S/c1-28-21-14-16(10-13-20(21)26)15-25(17-11-12-17)23(27)24-19-8-4-5-9-22(19)29-18-6-2-3-7-18/h4-5,8-10,13-14,17-18,26H,2-3,6-7,11-12,15H2,1H3,(H,24,27). The Labute approximate surface area is 176 Å². The van der Waals surface area contributed by atoms with Gasteiger partial charge in [-0.2, -0.15) is 0 Å². The zero-order chi connectivity index (χ0) is 20.2. The van der Waals surface area contributed by atoms with Crippen molar-refractivity contribution in [2.45, 2.75) is 61.3 Å². The lowest BCUT2D eigenvalue weighted by Crippen LogP contribution is -2.36. The maximum Gasteiger partial charge on any atom is 0.322 e. The highest BCUT2D eigenvalue weighted by atomic mass is 32.2. The van der Waals surface area contributed by atoms with Gasteiger partial charge in [-0.05, 0) is 55.5 Å². The number of hydrogen-bond acceptors (Lipinski definition) is 4. The molecule has 0 unspecified atom stereocenters. The number of phenolic OH excluding ortho intramolecular Hbond substituents is 1. The Morgan fingerprint density at radius 2 is 1.93 bits per heavy atom. The number of aromatic hydroxyl groups is 1. The van der Waals surface area contributed by atoms with Crippen LogP contribution in [-0.2, 0) is 6.54 Å². The molecular weight excluding hydrogens is 384 g/mol. The number of ether oxygens (including phenoxy) is 1. The number of rotatable bonds is 7. The van der Waals surface area contributed by atoms with Gasteiger partial charge in [0.2, 0.25) is 0 Å². The lowest BCUT2D eigenvalue weighted by molar-refractivity contribution is 0.206. The number of carbonyl (C=O) groups is 1. The molecule has 4 rings (SSSR count). The number of anilines is 1. The van der Waals surface area contributed by atoms with Gasteiger partial charge in [0.15, 0.2) is 11.5 Å². The molecule has 2 aliphatic rings. The molecule has 6 heteroatoms. The molecule has 2 amide bonds. The second-order valence-corrected chi connectivity index (χ2v) is 9.16. The largest absolute Gasteiger partial charge is 0.504 e. The Bertz CT molecular complexity index is 863. The third kappa shape index (κ3) is 4.99. The number of methoxy groups -OCH3 is 1.